The van der Waals surface area contributed by atoms with E-state index in [4.69, 9.17) is 9.47 Å². The monoisotopic (exact) mass is 399 g/mol. The van der Waals surface area contributed by atoms with E-state index in [1.165, 1.54) is 5.75 Å². The quantitative estimate of drug-likeness (QED) is 0.507. The molecule has 0 heterocycles. The summed E-state index contributed by atoms with van der Waals surface area (Å²) in [5.41, 5.74) is 0.749. The minimum Gasteiger partial charge on any atom is -0.457 e. The maximum absolute atomic E-state index is 12.8. The number of rotatable bonds is 9. The summed E-state index contributed by atoms with van der Waals surface area (Å²) >= 11 is 4.10. The van der Waals surface area contributed by atoms with Crippen molar-refractivity contribution >= 4 is 30.4 Å². The Morgan fingerprint density at radius 1 is 0.893 bits per heavy atom. The number of thiol groups is 1. The standard InChI is InChI=1S/C22H23O5S/c1-3-18(26-21(24)16-10-6-4-7-11-16)20(23)15(2)19(14-28)27-22(25)17-12-8-5-9-13-17/h4-15,18-19,28H,3H2,1-2H3. The number of ether oxygens (including phenoxy) is 2. The van der Waals surface area contributed by atoms with Crippen molar-refractivity contribution in [3.63, 3.8) is 0 Å². The SMILES string of the molecule is CCC(OC(=O)c1ccccc1)C(=O)C(C)C([CH]S)OC(=O)c1ccccc1. The molecule has 28 heavy (non-hydrogen) atoms. The molecule has 0 N–H and O–H groups in total. The van der Waals surface area contributed by atoms with Crippen molar-refractivity contribution in [1.82, 2.24) is 0 Å². The van der Waals surface area contributed by atoms with E-state index in [9.17, 15) is 14.4 Å². The van der Waals surface area contributed by atoms with Crippen molar-refractivity contribution in [1.29, 1.82) is 0 Å². The molecule has 0 saturated heterocycles. The number of hydrogen-bond donors (Lipinski definition) is 1. The summed E-state index contributed by atoms with van der Waals surface area (Å²) in [6, 6.07) is 17.0. The summed E-state index contributed by atoms with van der Waals surface area (Å²) < 4.78 is 10.8. The van der Waals surface area contributed by atoms with Gasteiger partial charge in [0.1, 0.15) is 6.10 Å². The van der Waals surface area contributed by atoms with Crippen LogP contribution in [0.4, 0.5) is 0 Å². The molecule has 0 fully saturated rings. The summed E-state index contributed by atoms with van der Waals surface area (Å²) in [6.07, 6.45) is -1.48. The number of benzene rings is 2. The third kappa shape index (κ3) is 5.70. The Kier molecular flexibility index (Phi) is 8.26. The molecule has 3 unspecified atom stereocenters. The van der Waals surface area contributed by atoms with Gasteiger partial charge in [-0.2, -0.15) is 12.6 Å². The first-order valence-electron chi connectivity index (χ1n) is 9.01. The number of ketones is 1. The minimum absolute atomic E-state index is 0.313. The Labute approximate surface area is 170 Å². The van der Waals surface area contributed by atoms with E-state index in [1.54, 1.807) is 74.5 Å². The first kappa shape index (κ1) is 21.7. The van der Waals surface area contributed by atoms with Gasteiger partial charge in [-0.1, -0.05) is 50.2 Å². The van der Waals surface area contributed by atoms with Crippen LogP contribution in [-0.4, -0.2) is 29.9 Å². The molecule has 0 spiro atoms. The number of hydrogen-bond acceptors (Lipinski definition) is 6. The lowest BCUT2D eigenvalue weighted by Gasteiger charge is -2.25. The predicted octanol–water partition coefficient (Wildman–Crippen LogP) is 4.14. The second kappa shape index (κ2) is 10.7. The van der Waals surface area contributed by atoms with Crippen LogP contribution < -0.4 is 0 Å². The average molecular weight is 399 g/mol. The van der Waals surface area contributed by atoms with Crippen molar-refractivity contribution in [2.24, 2.45) is 5.92 Å². The maximum Gasteiger partial charge on any atom is 0.338 e. The molecule has 5 nitrogen and oxygen atoms in total. The molecule has 3 atom stereocenters. The zero-order valence-corrected chi connectivity index (χ0v) is 16.7. The summed E-state index contributed by atoms with van der Waals surface area (Å²) in [5.74, 6) is -0.818. The van der Waals surface area contributed by atoms with Crippen LogP contribution in [0, 0.1) is 11.7 Å². The Bertz CT molecular complexity index is 791. The van der Waals surface area contributed by atoms with Crippen LogP contribution in [-0.2, 0) is 14.3 Å². The molecular formula is C22H23O5S. The second-order valence-corrected chi connectivity index (χ2v) is 6.54. The molecule has 0 aliphatic heterocycles. The molecule has 0 aliphatic carbocycles. The minimum atomic E-state index is -0.936. The molecule has 0 bridgehead atoms. The van der Waals surface area contributed by atoms with Crippen LogP contribution in [0.2, 0.25) is 0 Å². The highest BCUT2D eigenvalue weighted by molar-refractivity contribution is 7.82. The van der Waals surface area contributed by atoms with E-state index in [-0.39, 0.29) is 5.78 Å². The van der Waals surface area contributed by atoms with Crippen LogP contribution >= 0.6 is 12.6 Å². The fourth-order valence-corrected chi connectivity index (χ4v) is 2.92. The molecule has 0 saturated carbocycles. The van der Waals surface area contributed by atoms with E-state index in [0.717, 1.165) is 0 Å². The van der Waals surface area contributed by atoms with Gasteiger partial charge in [0.05, 0.1) is 22.8 Å². The van der Waals surface area contributed by atoms with Crippen LogP contribution in [0.1, 0.15) is 41.0 Å². The molecule has 2 rings (SSSR count). The number of esters is 2. The van der Waals surface area contributed by atoms with E-state index < -0.39 is 30.1 Å². The number of carbonyl (C=O) groups excluding carboxylic acids is 3. The first-order valence-corrected chi connectivity index (χ1v) is 9.52. The lowest BCUT2D eigenvalue weighted by molar-refractivity contribution is -0.134. The fourth-order valence-electron chi connectivity index (χ4n) is 2.60. The van der Waals surface area contributed by atoms with E-state index in [0.29, 0.717) is 17.5 Å². The van der Waals surface area contributed by atoms with Gasteiger partial charge in [-0.05, 0) is 30.7 Å². The predicted molar refractivity (Wildman–Crippen MR) is 109 cm³/mol. The molecular weight excluding hydrogens is 376 g/mol. The molecule has 0 aromatic heterocycles. The van der Waals surface area contributed by atoms with Gasteiger partial charge in [0.15, 0.2) is 11.9 Å². The van der Waals surface area contributed by atoms with Gasteiger partial charge in [-0.15, -0.1) is 0 Å². The lowest BCUT2D eigenvalue weighted by atomic mass is 9.95. The van der Waals surface area contributed by atoms with Crippen molar-refractivity contribution in [2.75, 3.05) is 0 Å². The van der Waals surface area contributed by atoms with Crippen LogP contribution in [0.25, 0.3) is 0 Å². The highest BCUT2D eigenvalue weighted by atomic mass is 32.1. The first-order chi connectivity index (χ1) is 13.5. The second-order valence-electron chi connectivity index (χ2n) is 6.24. The van der Waals surface area contributed by atoms with Gasteiger partial charge in [-0.3, -0.25) is 4.79 Å². The summed E-state index contributed by atoms with van der Waals surface area (Å²) in [4.78, 5) is 37.4. The van der Waals surface area contributed by atoms with E-state index >= 15 is 0 Å². The zero-order valence-electron chi connectivity index (χ0n) is 15.8. The fraction of sp³-hybridized carbons (Fsp3) is 0.273. The Hall–Kier alpha value is -2.60. The van der Waals surface area contributed by atoms with Gasteiger partial charge >= 0.3 is 11.9 Å². The van der Waals surface area contributed by atoms with Gasteiger partial charge in [0.2, 0.25) is 0 Å². The average Bonchev–Trinajstić information content (AvgIpc) is 2.75. The molecule has 147 valence electrons. The number of carbonyl (C=O) groups is 3. The smallest absolute Gasteiger partial charge is 0.338 e. The highest BCUT2D eigenvalue weighted by Crippen LogP contribution is 2.20. The van der Waals surface area contributed by atoms with Crippen molar-refractivity contribution in [3.8, 4) is 0 Å². The Morgan fingerprint density at radius 2 is 1.36 bits per heavy atom. The van der Waals surface area contributed by atoms with Gasteiger partial charge in [0.25, 0.3) is 0 Å². The van der Waals surface area contributed by atoms with E-state index in [1.807, 2.05) is 0 Å². The summed E-state index contributed by atoms with van der Waals surface area (Å²) in [7, 11) is 0. The highest BCUT2D eigenvalue weighted by Gasteiger charge is 2.33. The normalized spacial score (nSPS) is 13.8. The van der Waals surface area contributed by atoms with E-state index in [2.05, 4.69) is 12.6 Å². The van der Waals surface area contributed by atoms with Gasteiger partial charge in [0, 0.05) is 0 Å². The van der Waals surface area contributed by atoms with Crippen LogP contribution in [0.5, 0.6) is 0 Å². The van der Waals surface area contributed by atoms with Crippen LogP contribution in [0.3, 0.4) is 0 Å². The maximum atomic E-state index is 12.8. The van der Waals surface area contributed by atoms with Crippen molar-refractivity contribution in [3.05, 3.63) is 77.5 Å². The Morgan fingerprint density at radius 3 is 1.79 bits per heavy atom. The van der Waals surface area contributed by atoms with Crippen molar-refractivity contribution in [2.45, 2.75) is 32.5 Å². The van der Waals surface area contributed by atoms with Gasteiger partial charge < -0.3 is 9.47 Å². The third-order valence-corrected chi connectivity index (χ3v) is 4.58. The third-order valence-electron chi connectivity index (χ3n) is 4.29. The molecule has 2 aromatic rings. The molecule has 1 radical (unpaired) electrons. The largest absolute Gasteiger partial charge is 0.457 e. The molecule has 2 aromatic carbocycles. The molecule has 6 heteroatoms. The lowest BCUT2D eigenvalue weighted by Crippen LogP contribution is -2.38. The summed E-state index contributed by atoms with van der Waals surface area (Å²) in [5, 5.41) is 0. The number of Topliss-reactive ketones (excluding diaryl/α,β-unsaturated/α-hetero) is 1. The summed E-state index contributed by atoms with van der Waals surface area (Å²) in [6.45, 7) is 3.37. The topological polar surface area (TPSA) is 69.7 Å². The molecule has 0 amide bonds. The van der Waals surface area contributed by atoms with Crippen LogP contribution in [0.15, 0.2) is 60.7 Å². The van der Waals surface area contributed by atoms with Crippen molar-refractivity contribution < 1.29 is 23.9 Å². The molecule has 0 aliphatic rings. The van der Waals surface area contributed by atoms with Gasteiger partial charge in [-0.25, -0.2) is 9.59 Å². The zero-order chi connectivity index (χ0) is 20.5. The Balaban J connectivity index is 2.04.